The average molecular weight is 260 g/mol. The number of halogens is 2. The van der Waals surface area contributed by atoms with E-state index >= 15 is 0 Å². The summed E-state index contributed by atoms with van der Waals surface area (Å²) < 4.78 is 26.2. The first-order valence-corrected chi connectivity index (χ1v) is 5.53. The van der Waals surface area contributed by atoms with Gasteiger partial charge in [0.2, 0.25) is 0 Å². The maximum Gasteiger partial charge on any atom is 0.328 e. The Labute approximate surface area is 108 Å². The summed E-state index contributed by atoms with van der Waals surface area (Å²) in [4.78, 5) is 10.9. The molecule has 2 aromatic carbocycles. The van der Waals surface area contributed by atoms with E-state index in [1.165, 1.54) is 6.07 Å². The second kappa shape index (κ2) is 5.44. The highest BCUT2D eigenvalue weighted by Crippen LogP contribution is 2.24. The normalized spacial score (nSPS) is 11.4. The van der Waals surface area contributed by atoms with Crippen LogP contribution in [0.4, 0.5) is 8.78 Å². The van der Waals surface area contributed by atoms with Gasteiger partial charge >= 0.3 is 5.97 Å². The Hall–Kier alpha value is -2.49. The third-order valence-corrected chi connectivity index (χ3v) is 2.58. The molecule has 0 fully saturated rings. The largest absolute Gasteiger partial charge is 0.478 e. The fourth-order valence-electron chi connectivity index (χ4n) is 1.74. The lowest BCUT2D eigenvalue weighted by Gasteiger charge is -2.08. The zero-order valence-electron chi connectivity index (χ0n) is 9.81. The minimum absolute atomic E-state index is 0.313. The predicted molar refractivity (Wildman–Crippen MR) is 67.5 cm³/mol. The van der Waals surface area contributed by atoms with E-state index in [9.17, 15) is 13.6 Å². The van der Waals surface area contributed by atoms with Gasteiger partial charge in [-0.25, -0.2) is 13.6 Å². The van der Waals surface area contributed by atoms with Crippen LogP contribution in [0.3, 0.4) is 0 Å². The lowest BCUT2D eigenvalue weighted by molar-refractivity contribution is -0.131. The van der Waals surface area contributed by atoms with Crippen molar-refractivity contribution in [2.45, 2.75) is 0 Å². The van der Waals surface area contributed by atoms with Crippen LogP contribution in [0.2, 0.25) is 0 Å². The van der Waals surface area contributed by atoms with Crippen LogP contribution in [0.1, 0.15) is 11.1 Å². The van der Waals surface area contributed by atoms with Crippen LogP contribution >= 0.6 is 0 Å². The van der Waals surface area contributed by atoms with Crippen LogP contribution in [0.5, 0.6) is 0 Å². The predicted octanol–water partition coefficient (Wildman–Crippen LogP) is 3.48. The average Bonchev–Trinajstić information content (AvgIpc) is 2.40. The molecule has 2 nitrogen and oxygen atoms in total. The molecule has 0 atom stereocenters. The highest BCUT2D eigenvalue weighted by molar-refractivity contribution is 5.95. The van der Waals surface area contributed by atoms with Gasteiger partial charge in [0.1, 0.15) is 0 Å². The molecule has 4 heteroatoms. The summed E-state index contributed by atoms with van der Waals surface area (Å²) >= 11 is 0. The van der Waals surface area contributed by atoms with Gasteiger partial charge < -0.3 is 5.11 Å². The number of benzene rings is 2. The van der Waals surface area contributed by atoms with Gasteiger partial charge in [-0.15, -0.1) is 0 Å². The van der Waals surface area contributed by atoms with Gasteiger partial charge in [-0.1, -0.05) is 36.4 Å². The summed E-state index contributed by atoms with van der Waals surface area (Å²) in [5.74, 6) is -3.13. The monoisotopic (exact) mass is 260 g/mol. The molecule has 0 amide bonds. The Balaban J connectivity index is 2.56. The number of carboxylic acid groups (broad SMARTS) is 1. The van der Waals surface area contributed by atoms with Crippen molar-refractivity contribution in [1.29, 1.82) is 0 Å². The Morgan fingerprint density at radius 3 is 2.21 bits per heavy atom. The van der Waals surface area contributed by atoms with E-state index in [2.05, 4.69) is 0 Å². The first kappa shape index (κ1) is 13.0. The van der Waals surface area contributed by atoms with Gasteiger partial charge in [-0.05, 0) is 28.8 Å². The molecule has 0 saturated heterocycles. The number of carbonyl (C=O) groups is 1. The molecule has 0 aromatic heterocycles. The van der Waals surface area contributed by atoms with Crippen LogP contribution in [-0.2, 0) is 4.79 Å². The van der Waals surface area contributed by atoms with Gasteiger partial charge in [-0.3, -0.25) is 0 Å². The molecule has 19 heavy (non-hydrogen) atoms. The summed E-state index contributed by atoms with van der Waals surface area (Å²) in [5, 5.41) is 8.89. The molecule has 0 aliphatic heterocycles. The van der Waals surface area contributed by atoms with Gasteiger partial charge in [0.15, 0.2) is 11.6 Å². The van der Waals surface area contributed by atoms with Crippen molar-refractivity contribution < 1.29 is 18.7 Å². The topological polar surface area (TPSA) is 37.3 Å². The minimum atomic E-state index is -1.15. The Morgan fingerprint density at radius 1 is 0.947 bits per heavy atom. The van der Waals surface area contributed by atoms with Gasteiger partial charge in [0, 0.05) is 6.08 Å². The summed E-state index contributed by atoms with van der Waals surface area (Å²) in [5.41, 5.74) is 1.26. The van der Waals surface area contributed by atoms with Crippen molar-refractivity contribution >= 4 is 11.5 Å². The SMILES string of the molecule is O=C(O)/C=C(\c1ccccc1)c1ccc(F)c(F)c1. The molecule has 0 unspecified atom stereocenters. The molecular weight excluding hydrogens is 250 g/mol. The number of hydrogen-bond acceptors (Lipinski definition) is 1. The fourth-order valence-corrected chi connectivity index (χ4v) is 1.74. The lowest BCUT2D eigenvalue weighted by atomic mass is 9.97. The molecular formula is C15H10F2O2. The van der Waals surface area contributed by atoms with Crippen molar-refractivity contribution in [3.05, 3.63) is 77.4 Å². The molecule has 0 radical (unpaired) electrons. The van der Waals surface area contributed by atoms with Crippen molar-refractivity contribution in [3.8, 4) is 0 Å². The second-order valence-electron chi connectivity index (χ2n) is 3.89. The van der Waals surface area contributed by atoms with E-state index in [1.54, 1.807) is 30.3 Å². The van der Waals surface area contributed by atoms with E-state index in [0.717, 1.165) is 18.2 Å². The Kier molecular flexibility index (Phi) is 3.71. The maximum absolute atomic E-state index is 13.2. The first-order chi connectivity index (χ1) is 9.08. The molecule has 0 bridgehead atoms. The van der Waals surface area contributed by atoms with Crippen molar-refractivity contribution in [1.82, 2.24) is 0 Å². The quantitative estimate of drug-likeness (QED) is 0.858. The molecule has 0 aliphatic rings. The van der Waals surface area contributed by atoms with Crippen molar-refractivity contribution in [2.75, 3.05) is 0 Å². The Morgan fingerprint density at radius 2 is 1.63 bits per heavy atom. The molecule has 0 saturated carbocycles. The van der Waals surface area contributed by atoms with Gasteiger partial charge in [0.25, 0.3) is 0 Å². The molecule has 96 valence electrons. The first-order valence-electron chi connectivity index (χ1n) is 5.53. The van der Waals surface area contributed by atoms with Gasteiger partial charge in [0.05, 0.1) is 0 Å². The molecule has 0 heterocycles. The van der Waals surface area contributed by atoms with E-state index in [1.807, 2.05) is 0 Å². The third-order valence-electron chi connectivity index (χ3n) is 2.58. The summed E-state index contributed by atoms with van der Waals surface area (Å²) in [6.45, 7) is 0. The highest BCUT2D eigenvalue weighted by Gasteiger charge is 2.10. The fraction of sp³-hybridized carbons (Fsp3) is 0. The zero-order chi connectivity index (χ0) is 13.8. The molecule has 2 rings (SSSR count). The third kappa shape index (κ3) is 3.04. The van der Waals surface area contributed by atoms with Crippen molar-refractivity contribution in [2.24, 2.45) is 0 Å². The van der Waals surface area contributed by atoms with E-state index in [0.29, 0.717) is 16.7 Å². The number of hydrogen-bond donors (Lipinski definition) is 1. The van der Waals surface area contributed by atoms with E-state index in [-0.39, 0.29) is 0 Å². The second-order valence-corrected chi connectivity index (χ2v) is 3.89. The van der Waals surface area contributed by atoms with E-state index < -0.39 is 17.6 Å². The molecule has 0 spiro atoms. The zero-order valence-corrected chi connectivity index (χ0v) is 9.81. The minimum Gasteiger partial charge on any atom is -0.478 e. The molecule has 1 N–H and O–H groups in total. The smallest absolute Gasteiger partial charge is 0.328 e. The van der Waals surface area contributed by atoms with Crippen molar-refractivity contribution in [3.63, 3.8) is 0 Å². The van der Waals surface area contributed by atoms with Crippen LogP contribution in [0.25, 0.3) is 5.57 Å². The summed E-state index contributed by atoms with van der Waals surface area (Å²) in [6.07, 6.45) is 0.974. The van der Waals surface area contributed by atoms with Crippen LogP contribution in [0.15, 0.2) is 54.6 Å². The van der Waals surface area contributed by atoms with Crippen LogP contribution < -0.4 is 0 Å². The highest BCUT2D eigenvalue weighted by atomic mass is 19.2. The van der Waals surface area contributed by atoms with Crippen LogP contribution in [-0.4, -0.2) is 11.1 Å². The molecule has 0 aliphatic carbocycles. The van der Waals surface area contributed by atoms with Crippen LogP contribution in [0, 0.1) is 11.6 Å². The standard InChI is InChI=1S/C15H10F2O2/c16-13-7-6-11(8-14(13)17)12(9-15(18)19)10-4-2-1-3-5-10/h1-9H,(H,18,19)/b12-9+. The summed E-state index contributed by atoms with van der Waals surface area (Å²) in [6, 6.07) is 12.0. The number of rotatable bonds is 3. The van der Waals surface area contributed by atoms with Gasteiger partial charge in [-0.2, -0.15) is 0 Å². The summed E-state index contributed by atoms with van der Waals surface area (Å²) in [7, 11) is 0. The number of carboxylic acids is 1. The maximum atomic E-state index is 13.2. The lowest BCUT2D eigenvalue weighted by Crippen LogP contribution is -1.96. The molecule has 2 aromatic rings. The number of aliphatic carboxylic acids is 1. The Bertz CT molecular complexity index is 634. The van der Waals surface area contributed by atoms with E-state index in [4.69, 9.17) is 5.11 Å².